The minimum Gasteiger partial charge on any atom is -0.352 e. The summed E-state index contributed by atoms with van der Waals surface area (Å²) in [6, 6.07) is 21.3. The van der Waals surface area contributed by atoms with Crippen LogP contribution in [0.4, 0.5) is 5.69 Å². The van der Waals surface area contributed by atoms with E-state index >= 15 is 0 Å². The topological polar surface area (TPSA) is 86.8 Å². The second-order valence-corrected chi connectivity index (χ2v) is 17.4. The smallest absolute Gasteiger partial charge is 0.244 e. The Morgan fingerprint density at radius 1 is 0.854 bits per heavy atom. The van der Waals surface area contributed by atoms with Gasteiger partial charge in [-0.05, 0) is 116 Å². The standard InChI is InChI=1S/C38H45Cl2N3O4S/c1-25(2)41-37(45)35(19-26-7-5-4-6-8-26)42(23-27-9-14-33(39)34(40)18-27)36(44)24-43(48(3,46)47)32-12-10-31(11-13-32)38-20-28-15-29(21-38)17-30(16-28)22-38/h4-14,18,25,28-30,35H,15-17,19-24H2,1-3H3,(H,41,45)/t28?,29?,30?,35-,38?/m0/s1. The lowest BCUT2D eigenvalue weighted by Gasteiger charge is -2.57. The molecule has 4 aliphatic carbocycles. The van der Waals surface area contributed by atoms with Crippen molar-refractivity contribution in [2.45, 2.75) is 82.8 Å². The average Bonchev–Trinajstić information content (AvgIpc) is 3.02. The molecule has 7 nitrogen and oxygen atoms in total. The summed E-state index contributed by atoms with van der Waals surface area (Å²) in [7, 11) is -3.87. The van der Waals surface area contributed by atoms with Crippen molar-refractivity contribution in [1.29, 1.82) is 0 Å². The van der Waals surface area contributed by atoms with Crippen molar-refractivity contribution in [2.75, 3.05) is 17.1 Å². The summed E-state index contributed by atoms with van der Waals surface area (Å²) in [4.78, 5) is 29.7. The number of halogens is 2. The van der Waals surface area contributed by atoms with Gasteiger partial charge in [0.15, 0.2) is 0 Å². The van der Waals surface area contributed by atoms with Gasteiger partial charge in [0.05, 0.1) is 22.0 Å². The maximum atomic E-state index is 14.4. The molecule has 0 heterocycles. The summed E-state index contributed by atoms with van der Waals surface area (Å²) in [5, 5.41) is 3.66. The fourth-order valence-electron chi connectivity index (χ4n) is 8.83. The molecule has 3 aromatic rings. The largest absolute Gasteiger partial charge is 0.352 e. The van der Waals surface area contributed by atoms with E-state index in [1.54, 1.807) is 18.2 Å². The lowest BCUT2D eigenvalue weighted by molar-refractivity contribution is -0.140. The van der Waals surface area contributed by atoms with Gasteiger partial charge in [-0.3, -0.25) is 13.9 Å². The van der Waals surface area contributed by atoms with Gasteiger partial charge < -0.3 is 10.2 Å². The van der Waals surface area contributed by atoms with Crippen LogP contribution >= 0.6 is 23.2 Å². The summed E-state index contributed by atoms with van der Waals surface area (Å²) in [5.41, 5.74) is 3.41. The van der Waals surface area contributed by atoms with Gasteiger partial charge in [-0.2, -0.15) is 0 Å². The van der Waals surface area contributed by atoms with Crippen LogP contribution in [0.1, 0.15) is 69.1 Å². The Morgan fingerprint density at radius 3 is 2.00 bits per heavy atom. The van der Waals surface area contributed by atoms with Crippen LogP contribution in [0.3, 0.4) is 0 Å². The van der Waals surface area contributed by atoms with E-state index in [1.807, 2.05) is 56.3 Å². The van der Waals surface area contributed by atoms with Crippen LogP contribution in [0.5, 0.6) is 0 Å². The molecule has 0 spiro atoms. The number of anilines is 1. The normalized spacial score (nSPS) is 23.6. The molecule has 0 aromatic heterocycles. The Labute approximate surface area is 295 Å². The molecule has 4 aliphatic rings. The van der Waals surface area contributed by atoms with Crippen molar-refractivity contribution in [3.63, 3.8) is 0 Å². The highest BCUT2D eigenvalue weighted by Gasteiger charge is 2.51. The third kappa shape index (κ3) is 7.71. The van der Waals surface area contributed by atoms with Gasteiger partial charge >= 0.3 is 0 Å². The molecule has 0 saturated heterocycles. The summed E-state index contributed by atoms with van der Waals surface area (Å²) in [5.74, 6) is 1.54. The predicted octanol–water partition coefficient (Wildman–Crippen LogP) is 7.39. The Kier molecular flexibility index (Phi) is 10.2. The summed E-state index contributed by atoms with van der Waals surface area (Å²) in [6.45, 7) is 3.29. The lowest BCUT2D eigenvalue weighted by atomic mass is 9.48. The van der Waals surface area contributed by atoms with Crippen LogP contribution in [0.2, 0.25) is 10.0 Å². The van der Waals surface area contributed by atoms with Crippen LogP contribution in [-0.2, 0) is 38.0 Å². The summed E-state index contributed by atoms with van der Waals surface area (Å²) < 4.78 is 27.8. The van der Waals surface area contributed by atoms with Crippen LogP contribution in [0.15, 0.2) is 72.8 Å². The number of rotatable bonds is 12. The lowest BCUT2D eigenvalue weighted by Crippen LogP contribution is -2.54. The third-order valence-corrected chi connectivity index (χ3v) is 12.4. The zero-order valence-corrected chi connectivity index (χ0v) is 30.2. The van der Waals surface area contributed by atoms with Crippen molar-refractivity contribution < 1.29 is 18.0 Å². The third-order valence-electron chi connectivity index (χ3n) is 10.5. The van der Waals surface area contributed by atoms with Crippen LogP contribution in [0.25, 0.3) is 0 Å². The SMILES string of the molecule is CC(C)NC(=O)[C@H](Cc1ccccc1)N(Cc1ccc(Cl)c(Cl)c1)C(=O)CN(c1ccc(C23CC4CC(CC(C4)C2)C3)cc1)S(C)(=O)=O. The van der Waals surface area contributed by atoms with Gasteiger partial charge in [0.1, 0.15) is 12.6 Å². The van der Waals surface area contributed by atoms with E-state index < -0.39 is 28.5 Å². The van der Waals surface area contributed by atoms with E-state index in [-0.39, 0.29) is 30.3 Å². The summed E-state index contributed by atoms with van der Waals surface area (Å²) in [6.07, 6.45) is 9.02. The van der Waals surface area contributed by atoms with E-state index in [2.05, 4.69) is 17.4 Å². The molecule has 4 saturated carbocycles. The first-order valence-corrected chi connectivity index (χ1v) is 19.6. The molecule has 1 atom stereocenters. The fourth-order valence-corrected chi connectivity index (χ4v) is 10.00. The van der Waals surface area contributed by atoms with Crippen molar-refractivity contribution in [3.05, 3.63) is 99.5 Å². The highest BCUT2D eigenvalue weighted by Crippen LogP contribution is 2.60. The molecule has 0 radical (unpaired) electrons. The van der Waals surface area contributed by atoms with Crippen LogP contribution < -0.4 is 9.62 Å². The Hall–Kier alpha value is -3.07. The second kappa shape index (κ2) is 14.0. The number of hydrogen-bond acceptors (Lipinski definition) is 4. The van der Waals surface area contributed by atoms with Gasteiger partial charge in [-0.15, -0.1) is 0 Å². The predicted molar refractivity (Wildman–Crippen MR) is 193 cm³/mol. The van der Waals surface area contributed by atoms with Gasteiger partial charge in [0.2, 0.25) is 21.8 Å². The minimum absolute atomic E-state index is 0.0291. The average molecular weight is 711 g/mol. The van der Waals surface area contributed by atoms with Crippen LogP contribution in [-0.4, -0.2) is 50.0 Å². The molecule has 256 valence electrons. The van der Waals surface area contributed by atoms with E-state index in [1.165, 1.54) is 49.0 Å². The van der Waals surface area contributed by atoms with Crippen molar-refractivity contribution in [1.82, 2.24) is 10.2 Å². The molecule has 1 N–H and O–H groups in total. The maximum absolute atomic E-state index is 14.4. The van der Waals surface area contributed by atoms with Gasteiger partial charge in [-0.25, -0.2) is 8.42 Å². The Bertz CT molecular complexity index is 1710. The number of carbonyl (C=O) groups excluding carboxylic acids is 2. The number of nitrogens with one attached hydrogen (secondary N) is 1. The molecule has 4 bridgehead atoms. The molecule has 0 aliphatic heterocycles. The molecule has 10 heteroatoms. The molecule has 2 amide bonds. The maximum Gasteiger partial charge on any atom is 0.244 e. The highest BCUT2D eigenvalue weighted by atomic mass is 35.5. The van der Waals surface area contributed by atoms with Gasteiger partial charge in [0.25, 0.3) is 0 Å². The highest BCUT2D eigenvalue weighted by molar-refractivity contribution is 7.92. The molecule has 4 fully saturated rings. The quantitative estimate of drug-likeness (QED) is 0.213. The van der Waals surface area contributed by atoms with Crippen molar-refractivity contribution in [2.24, 2.45) is 17.8 Å². The first kappa shape index (κ1) is 34.8. The van der Waals surface area contributed by atoms with E-state index in [9.17, 15) is 18.0 Å². The number of amides is 2. The number of sulfonamides is 1. The molecule has 7 rings (SSSR count). The van der Waals surface area contributed by atoms with E-state index in [0.29, 0.717) is 21.3 Å². The van der Waals surface area contributed by atoms with Gasteiger partial charge in [0, 0.05) is 19.0 Å². The first-order valence-electron chi connectivity index (χ1n) is 17.0. The Balaban J connectivity index is 1.31. The molecule has 0 unspecified atom stereocenters. The number of benzene rings is 3. The Morgan fingerprint density at radius 2 is 1.46 bits per heavy atom. The van der Waals surface area contributed by atoms with Crippen LogP contribution in [0, 0.1) is 17.8 Å². The van der Waals surface area contributed by atoms with Gasteiger partial charge in [-0.1, -0.05) is 71.7 Å². The molecule has 48 heavy (non-hydrogen) atoms. The molecule has 3 aromatic carbocycles. The number of carbonyl (C=O) groups is 2. The van der Waals surface area contributed by atoms with Crippen molar-refractivity contribution >= 4 is 50.7 Å². The fraction of sp³-hybridized carbons (Fsp3) is 0.474. The zero-order chi connectivity index (χ0) is 34.2. The summed E-state index contributed by atoms with van der Waals surface area (Å²) >= 11 is 12.5. The second-order valence-electron chi connectivity index (χ2n) is 14.7. The monoisotopic (exact) mass is 709 g/mol. The molecular formula is C38H45Cl2N3O4S. The van der Waals surface area contributed by atoms with Crippen molar-refractivity contribution in [3.8, 4) is 0 Å². The number of hydrogen-bond donors (Lipinski definition) is 1. The van der Waals surface area contributed by atoms with E-state index in [0.717, 1.165) is 33.9 Å². The first-order chi connectivity index (χ1) is 22.8. The number of nitrogens with zero attached hydrogens (tertiary/aromatic N) is 2. The minimum atomic E-state index is -3.87. The van der Waals surface area contributed by atoms with E-state index in [4.69, 9.17) is 23.2 Å². The molecular weight excluding hydrogens is 665 g/mol. The zero-order valence-electron chi connectivity index (χ0n) is 27.9.